The van der Waals surface area contributed by atoms with Crippen LogP contribution in [0.2, 0.25) is 10.0 Å². The molecule has 0 fully saturated rings. The number of aliphatic imine (C=N–C) groups is 1. The van der Waals surface area contributed by atoms with Gasteiger partial charge in [-0.3, -0.25) is 4.99 Å². The highest BCUT2D eigenvalue weighted by Crippen LogP contribution is 2.29. The Labute approximate surface area is 185 Å². The zero-order chi connectivity index (χ0) is 18.9. The minimum atomic E-state index is 0. The molecule has 2 aromatic rings. The molecule has 7 nitrogen and oxygen atoms in total. The molecule has 0 saturated carbocycles. The molecule has 0 atom stereocenters. The predicted molar refractivity (Wildman–Crippen MR) is 123 cm³/mol. The molecule has 148 valence electrons. The third-order valence-electron chi connectivity index (χ3n) is 3.39. The van der Waals surface area contributed by atoms with Crippen LogP contribution in [0.1, 0.15) is 0 Å². The summed E-state index contributed by atoms with van der Waals surface area (Å²) in [6, 6.07) is 7.18. The maximum atomic E-state index is 6.07. The fourth-order valence-corrected chi connectivity index (χ4v) is 2.58. The number of guanidine groups is 1. The summed E-state index contributed by atoms with van der Waals surface area (Å²) in [5.74, 6) is 2.51. The molecule has 0 aliphatic heterocycles. The van der Waals surface area contributed by atoms with E-state index in [2.05, 4.69) is 25.9 Å². The van der Waals surface area contributed by atoms with E-state index in [9.17, 15) is 0 Å². The zero-order valence-electron chi connectivity index (χ0n) is 15.2. The normalized spacial score (nSPS) is 10.6. The van der Waals surface area contributed by atoms with Crippen LogP contribution < -0.4 is 25.4 Å². The van der Waals surface area contributed by atoms with E-state index < -0.39 is 0 Å². The van der Waals surface area contributed by atoms with Gasteiger partial charge in [-0.25, -0.2) is 4.98 Å². The number of ether oxygens (including phenoxy) is 2. The summed E-state index contributed by atoms with van der Waals surface area (Å²) in [6.07, 6.45) is 1.54. The Bertz CT molecular complexity index is 777. The summed E-state index contributed by atoms with van der Waals surface area (Å²) in [4.78, 5) is 8.33. The lowest BCUT2D eigenvalue weighted by Gasteiger charge is -2.14. The van der Waals surface area contributed by atoms with Gasteiger partial charge in [0.25, 0.3) is 0 Å². The van der Waals surface area contributed by atoms with Gasteiger partial charge in [-0.05, 0) is 18.2 Å². The summed E-state index contributed by atoms with van der Waals surface area (Å²) in [7, 11) is 4.89. The highest BCUT2D eigenvalue weighted by atomic mass is 127. The van der Waals surface area contributed by atoms with E-state index in [4.69, 9.17) is 32.7 Å². The van der Waals surface area contributed by atoms with Crippen molar-refractivity contribution in [1.82, 2.24) is 10.3 Å². The van der Waals surface area contributed by atoms with Gasteiger partial charge in [0.2, 0.25) is 0 Å². The van der Waals surface area contributed by atoms with Gasteiger partial charge < -0.3 is 25.4 Å². The number of rotatable bonds is 7. The van der Waals surface area contributed by atoms with E-state index in [1.165, 1.54) is 0 Å². The highest BCUT2D eigenvalue weighted by molar-refractivity contribution is 14.0. The summed E-state index contributed by atoms with van der Waals surface area (Å²) in [6.45, 7) is 1.20. The van der Waals surface area contributed by atoms with Crippen LogP contribution in [0.5, 0.6) is 11.5 Å². The highest BCUT2D eigenvalue weighted by Gasteiger charge is 2.06. The Hall–Kier alpha value is -1.65. The molecule has 0 radical (unpaired) electrons. The molecular weight excluding hydrogens is 504 g/mol. The molecule has 1 aromatic heterocycles. The number of methoxy groups -OCH3 is 2. The summed E-state index contributed by atoms with van der Waals surface area (Å²) in [5.41, 5.74) is 0.825. The fourth-order valence-electron chi connectivity index (χ4n) is 2.14. The van der Waals surface area contributed by atoms with Crippen LogP contribution >= 0.6 is 47.2 Å². The smallest absolute Gasteiger partial charge is 0.195 e. The fraction of sp³-hybridized carbons (Fsp3) is 0.294. The SMILES string of the molecule is CN=C(NCCNc1ncc(Cl)cc1Cl)Nc1ccc(OC)c(OC)c1.I. The van der Waals surface area contributed by atoms with E-state index in [-0.39, 0.29) is 24.0 Å². The van der Waals surface area contributed by atoms with Crippen molar-refractivity contribution in [2.75, 3.05) is 45.0 Å². The average molecular weight is 526 g/mol. The Morgan fingerprint density at radius 1 is 1.11 bits per heavy atom. The first-order valence-electron chi connectivity index (χ1n) is 7.82. The minimum Gasteiger partial charge on any atom is -0.493 e. The van der Waals surface area contributed by atoms with Gasteiger partial charge in [-0.2, -0.15) is 0 Å². The number of anilines is 2. The number of hydrogen-bond donors (Lipinski definition) is 3. The van der Waals surface area contributed by atoms with Crippen LogP contribution in [-0.2, 0) is 0 Å². The van der Waals surface area contributed by atoms with Crippen LogP contribution in [0.15, 0.2) is 35.5 Å². The largest absolute Gasteiger partial charge is 0.493 e. The van der Waals surface area contributed by atoms with Crippen molar-refractivity contribution in [3.05, 3.63) is 40.5 Å². The van der Waals surface area contributed by atoms with E-state index in [0.29, 0.717) is 46.4 Å². The Balaban J connectivity index is 0.00000364. The lowest BCUT2D eigenvalue weighted by molar-refractivity contribution is 0.355. The van der Waals surface area contributed by atoms with Gasteiger partial charge >= 0.3 is 0 Å². The Morgan fingerprint density at radius 3 is 2.48 bits per heavy atom. The van der Waals surface area contributed by atoms with Crippen molar-refractivity contribution in [2.45, 2.75) is 0 Å². The van der Waals surface area contributed by atoms with Crippen LogP contribution in [0.3, 0.4) is 0 Å². The number of pyridine rings is 1. The van der Waals surface area contributed by atoms with Gasteiger partial charge in [0.15, 0.2) is 17.5 Å². The van der Waals surface area contributed by atoms with E-state index in [0.717, 1.165) is 5.69 Å². The molecular formula is C17H22Cl2IN5O2. The second-order valence-corrected chi connectivity index (χ2v) is 5.95. The van der Waals surface area contributed by atoms with Crippen molar-refractivity contribution in [2.24, 2.45) is 4.99 Å². The third kappa shape index (κ3) is 7.11. The van der Waals surface area contributed by atoms with Gasteiger partial charge in [0, 0.05) is 38.1 Å². The average Bonchev–Trinajstić information content (AvgIpc) is 2.65. The molecule has 27 heavy (non-hydrogen) atoms. The van der Waals surface area contributed by atoms with Crippen LogP contribution in [0, 0.1) is 0 Å². The molecule has 0 spiro atoms. The van der Waals surface area contributed by atoms with E-state index >= 15 is 0 Å². The first-order valence-corrected chi connectivity index (χ1v) is 8.57. The topological polar surface area (TPSA) is 79.8 Å². The molecule has 2 rings (SSSR count). The van der Waals surface area contributed by atoms with Crippen molar-refractivity contribution >= 4 is 64.6 Å². The molecule has 0 aliphatic rings. The van der Waals surface area contributed by atoms with E-state index in [1.807, 2.05) is 18.2 Å². The lowest BCUT2D eigenvalue weighted by atomic mass is 10.3. The van der Waals surface area contributed by atoms with E-state index in [1.54, 1.807) is 33.5 Å². The second kappa shape index (κ2) is 11.9. The number of nitrogens with zero attached hydrogens (tertiary/aromatic N) is 2. The van der Waals surface area contributed by atoms with Crippen molar-refractivity contribution in [3.63, 3.8) is 0 Å². The zero-order valence-corrected chi connectivity index (χ0v) is 19.0. The van der Waals surface area contributed by atoms with Crippen LogP contribution in [-0.4, -0.2) is 45.3 Å². The van der Waals surface area contributed by atoms with Crippen LogP contribution in [0.25, 0.3) is 0 Å². The van der Waals surface area contributed by atoms with Gasteiger partial charge in [0.1, 0.15) is 5.82 Å². The maximum absolute atomic E-state index is 6.07. The van der Waals surface area contributed by atoms with Crippen molar-refractivity contribution in [3.8, 4) is 11.5 Å². The monoisotopic (exact) mass is 525 g/mol. The predicted octanol–water partition coefficient (Wildman–Crippen LogP) is 4.12. The van der Waals surface area contributed by atoms with Crippen molar-refractivity contribution < 1.29 is 9.47 Å². The molecule has 0 amide bonds. The molecule has 0 aliphatic carbocycles. The third-order valence-corrected chi connectivity index (χ3v) is 3.88. The second-order valence-electron chi connectivity index (χ2n) is 5.10. The number of aromatic nitrogens is 1. The number of hydrogen-bond acceptors (Lipinski definition) is 5. The van der Waals surface area contributed by atoms with Gasteiger partial charge in [0.05, 0.1) is 24.3 Å². The molecule has 1 aromatic carbocycles. The maximum Gasteiger partial charge on any atom is 0.195 e. The molecule has 10 heteroatoms. The summed E-state index contributed by atoms with van der Waals surface area (Å²) < 4.78 is 10.5. The molecule has 1 heterocycles. The lowest BCUT2D eigenvalue weighted by Crippen LogP contribution is -2.34. The Morgan fingerprint density at radius 2 is 1.85 bits per heavy atom. The minimum absolute atomic E-state index is 0. The first-order chi connectivity index (χ1) is 12.6. The number of nitrogens with one attached hydrogen (secondary N) is 3. The Kier molecular flexibility index (Phi) is 10.3. The van der Waals surface area contributed by atoms with Crippen molar-refractivity contribution in [1.29, 1.82) is 0 Å². The van der Waals surface area contributed by atoms with Crippen LogP contribution in [0.4, 0.5) is 11.5 Å². The number of halogens is 3. The summed E-state index contributed by atoms with van der Waals surface area (Å²) >= 11 is 11.9. The summed E-state index contributed by atoms with van der Waals surface area (Å²) in [5, 5.41) is 10.5. The van der Waals surface area contributed by atoms with Gasteiger partial charge in [-0.1, -0.05) is 23.2 Å². The van der Waals surface area contributed by atoms with Gasteiger partial charge in [-0.15, -0.1) is 24.0 Å². The molecule has 0 bridgehead atoms. The standard InChI is InChI=1S/C17H21Cl2N5O2.HI/c1-20-17(24-12-4-5-14(25-2)15(9-12)26-3)22-7-6-21-16-13(19)8-11(18)10-23-16;/h4-5,8-10H,6-7H2,1-3H3,(H,21,23)(H2,20,22,24);1H. The quantitative estimate of drug-likeness (QED) is 0.218. The molecule has 0 saturated heterocycles. The first kappa shape index (κ1) is 23.4. The molecule has 3 N–H and O–H groups in total. The number of benzene rings is 1. The molecule has 0 unspecified atom stereocenters.